The molecule has 7 rings (SSSR count). The molecule has 0 saturated heterocycles. The van der Waals surface area contributed by atoms with Gasteiger partial charge in [0, 0.05) is 0 Å². The second-order valence-corrected chi connectivity index (χ2v) is 12.7. The minimum absolute atomic E-state index is 0.0132. The van der Waals surface area contributed by atoms with Crippen LogP contribution >= 0.6 is 0 Å². The molecule has 254 valence electrons. The number of carbonyl (C=O) groups excluding carboxylic acids is 2. The Hall–Kier alpha value is -6.27. The van der Waals surface area contributed by atoms with Gasteiger partial charge >= 0.3 is 0 Å². The highest BCUT2D eigenvalue weighted by atomic mass is 16.1. The van der Waals surface area contributed by atoms with Crippen LogP contribution in [0, 0.1) is 0 Å². The molecule has 5 nitrogen and oxygen atoms in total. The lowest BCUT2D eigenvalue weighted by Gasteiger charge is -2.37. The van der Waals surface area contributed by atoms with Gasteiger partial charge in [-0.2, -0.15) is 0 Å². The maximum Gasteiger partial charge on any atom is 0.194 e. The molecule has 1 aromatic heterocycles. The highest BCUT2D eigenvalue weighted by Gasteiger charge is 2.38. The van der Waals surface area contributed by atoms with Crippen LogP contribution in [0.4, 0.5) is 0 Å². The van der Waals surface area contributed by atoms with E-state index in [1.165, 1.54) is 0 Å². The molecule has 2 N–H and O–H groups in total. The first-order valence-electron chi connectivity index (χ1n) is 17.5. The molecule has 7 aromatic rings. The zero-order chi connectivity index (χ0) is 35.6. The number of benzene rings is 6. The van der Waals surface area contributed by atoms with E-state index in [9.17, 15) is 9.59 Å². The Kier molecular flexibility index (Phi) is 10.3. The monoisotopic (exact) mass is 677 g/mol. The third-order valence-corrected chi connectivity index (χ3v) is 9.59. The number of hydrogen-bond acceptors (Lipinski definition) is 5. The van der Waals surface area contributed by atoms with Crippen LogP contribution in [0.1, 0.15) is 54.4 Å². The molecule has 0 amide bonds. The average Bonchev–Trinajstić information content (AvgIpc) is 3.23. The van der Waals surface area contributed by atoms with Crippen molar-refractivity contribution in [1.29, 1.82) is 0 Å². The van der Waals surface area contributed by atoms with Gasteiger partial charge in [-0.15, -0.1) is 0 Å². The molecule has 1 heterocycles. The number of ketones is 2. The van der Waals surface area contributed by atoms with Crippen molar-refractivity contribution >= 4 is 11.6 Å². The molecule has 0 fully saturated rings. The fourth-order valence-corrected chi connectivity index (χ4v) is 7.09. The van der Waals surface area contributed by atoms with Gasteiger partial charge in [0.2, 0.25) is 0 Å². The Morgan fingerprint density at radius 1 is 0.346 bits per heavy atom. The fraction of sp³-hybridized carbons (Fsp3) is 0.0851. The van der Waals surface area contributed by atoms with Gasteiger partial charge in [-0.1, -0.05) is 188 Å². The first kappa shape index (κ1) is 34.2. The fourth-order valence-electron chi connectivity index (χ4n) is 7.09. The summed E-state index contributed by atoms with van der Waals surface area (Å²) in [6.07, 6.45) is 0. The summed E-state index contributed by atoms with van der Waals surface area (Å²) in [4.78, 5) is 32.6. The van der Waals surface area contributed by atoms with Crippen molar-refractivity contribution in [2.24, 2.45) is 0 Å². The van der Waals surface area contributed by atoms with Crippen molar-refractivity contribution in [1.82, 2.24) is 15.6 Å². The van der Waals surface area contributed by atoms with Crippen molar-refractivity contribution in [3.63, 3.8) is 0 Å². The van der Waals surface area contributed by atoms with Crippen LogP contribution < -0.4 is 10.6 Å². The van der Waals surface area contributed by atoms with E-state index < -0.39 is 11.1 Å². The van der Waals surface area contributed by atoms with Crippen molar-refractivity contribution in [2.75, 3.05) is 13.1 Å². The van der Waals surface area contributed by atoms with Gasteiger partial charge in [0.05, 0.1) is 24.2 Å². The highest BCUT2D eigenvalue weighted by Crippen LogP contribution is 2.38. The molecule has 0 atom stereocenters. The average molecular weight is 678 g/mol. The lowest BCUT2D eigenvalue weighted by atomic mass is 9.77. The van der Waals surface area contributed by atoms with Gasteiger partial charge < -0.3 is 0 Å². The molecule has 0 unspecified atom stereocenters. The van der Waals surface area contributed by atoms with Crippen LogP contribution in [0.2, 0.25) is 0 Å². The second kappa shape index (κ2) is 15.7. The molecular formula is C47H39N3O2. The van der Waals surface area contributed by atoms with E-state index in [0.717, 1.165) is 33.4 Å². The molecule has 0 aliphatic rings. The summed E-state index contributed by atoms with van der Waals surface area (Å²) in [7, 11) is 0. The molecule has 0 spiro atoms. The van der Waals surface area contributed by atoms with Gasteiger partial charge in [0.25, 0.3) is 0 Å². The van der Waals surface area contributed by atoms with Gasteiger partial charge in [-0.3, -0.25) is 20.2 Å². The summed E-state index contributed by atoms with van der Waals surface area (Å²) in [5.74, 6) is -0.441. The van der Waals surface area contributed by atoms with E-state index in [2.05, 4.69) is 88.4 Å². The first-order valence-corrected chi connectivity index (χ1v) is 17.5. The molecule has 0 aliphatic carbocycles. The normalized spacial score (nSPS) is 11.5. The Balaban J connectivity index is 1.18. The van der Waals surface area contributed by atoms with Gasteiger partial charge in [-0.05, 0) is 45.5 Å². The van der Waals surface area contributed by atoms with Crippen LogP contribution in [0.5, 0.6) is 0 Å². The lowest BCUT2D eigenvalue weighted by molar-refractivity contribution is 0.0975. The number of nitrogens with zero attached hydrogens (tertiary/aromatic N) is 1. The predicted molar refractivity (Wildman–Crippen MR) is 207 cm³/mol. The van der Waals surface area contributed by atoms with Crippen molar-refractivity contribution in [2.45, 2.75) is 11.1 Å². The maximum absolute atomic E-state index is 14.0. The smallest absolute Gasteiger partial charge is 0.194 e. The number of Topliss-reactive ketones (excluding diaryl/α,β-unsaturated/α-hetero) is 2. The molecule has 52 heavy (non-hydrogen) atoms. The number of carbonyl (C=O) groups is 2. The van der Waals surface area contributed by atoms with Crippen LogP contribution in [0.3, 0.4) is 0 Å². The molecule has 5 heteroatoms. The van der Waals surface area contributed by atoms with E-state index in [4.69, 9.17) is 0 Å². The van der Waals surface area contributed by atoms with Crippen LogP contribution in [-0.4, -0.2) is 29.6 Å². The van der Waals surface area contributed by atoms with E-state index >= 15 is 0 Å². The van der Waals surface area contributed by atoms with E-state index in [-0.39, 0.29) is 36.0 Å². The number of nitrogens with one attached hydrogen (secondary N) is 2. The van der Waals surface area contributed by atoms with Gasteiger partial charge in [-0.25, -0.2) is 4.98 Å². The van der Waals surface area contributed by atoms with E-state index in [1.807, 2.05) is 109 Å². The van der Waals surface area contributed by atoms with Crippen molar-refractivity contribution in [3.8, 4) is 0 Å². The van der Waals surface area contributed by atoms with Crippen molar-refractivity contribution < 1.29 is 9.59 Å². The zero-order valence-corrected chi connectivity index (χ0v) is 28.7. The summed E-state index contributed by atoms with van der Waals surface area (Å²) in [6, 6.07) is 65.9. The van der Waals surface area contributed by atoms with Crippen LogP contribution in [-0.2, 0) is 11.1 Å². The van der Waals surface area contributed by atoms with E-state index in [0.29, 0.717) is 0 Å². The summed E-state index contributed by atoms with van der Waals surface area (Å²) in [5, 5.41) is 7.28. The zero-order valence-electron chi connectivity index (χ0n) is 28.7. The van der Waals surface area contributed by atoms with Crippen LogP contribution in [0.25, 0.3) is 0 Å². The minimum Gasteiger partial charge on any atom is -0.293 e. The minimum atomic E-state index is -0.813. The first-order chi connectivity index (χ1) is 25.6. The highest BCUT2D eigenvalue weighted by molar-refractivity contribution is 5.99. The molecule has 0 saturated carbocycles. The SMILES string of the molecule is O=C(CNC(c1ccccc1)(c1ccccc1)c1ccccc1)c1cccc(C(=O)CNC(c2ccccc2)(c2ccccc2)c2ccccc2)n1. The number of hydrogen-bond donors (Lipinski definition) is 2. The van der Waals surface area contributed by atoms with Gasteiger partial charge in [0.1, 0.15) is 11.4 Å². The number of aromatic nitrogens is 1. The third kappa shape index (κ3) is 6.88. The largest absolute Gasteiger partial charge is 0.293 e. The number of pyridine rings is 1. The molecule has 0 radical (unpaired) electrons. The van der Waals surface area contributed by atoms with Crippen LogP contribution in [0.15, 0.2) is 200 Å². The van der Waals surface area contributed by atoms with Gasteiger partial charge in [0.15, 0.2) is 11.6 Å². The predicted octanol–water partition coefficient (Wildman–Crippen LogP) is 8.61. The topological polar surface area (TPSA) is 71.1 Å². The summed E-state index contributed by atoms with van der Waals surface area (Å²) < 4.78 is 0. The molecule has 6 aromatic carbocycles. The second-order valence-electron chi connectivity index (χ2n) is 12.7. The standard InChI is InChI=1S/C47H39N3O2/c51-44(34-48-46(36-20-7-1-8-21-36,37-22-9-2-10-23-37)38-24-11-3-12-25-38)42-32-19-33-43(50-42)45(52)35-49-47(39-26-13-4-14-27-39,40-28-15-5-16-29-40)41-30-17-6-18-31-41/h1-33,48-49H,34-35H2. The Labute approximate surface area is 305 Å². The van der Waals surface area contributed by atoms with Crippen molar-refractivity contribution in [3.05, 3.63) is 245 Å². The molecule has 0 bridgehead atoms. The molecular weight excluding hydrogens is 639 g/mol. The quantitative estimate of drug-likeness (QED) is 0.0891. The van der Waals surface area contributed by atoms with E-state index in [1.54, 1.807) is 18.2 Å². The summed E-state index contributed by atoms with van der Waals surface area (Å²) >= 11 is 0. The lowest BCUT2D eigenvalue weighted by Crippen LogP contribution is -2.47. The summed E-state index contributed by atoms with van der Waals surface area (Å²) in [6.45, 7) is -0.0264. The third-order valence-electron chi connectivity index (χ3n) is 9.59. The Morgan fingerprint density at radius 3 is 0.808 bits per heavy atom. The Morgan fingerprint density at radius 2 is 0.577 bits per heavy atom. The molecule has 0 aliphatic heterocycles. The number of rotatable bonds is 14. The maximum atomic E-state index is 14.0. The summed E-state index contributed by atoms with van der Waals surface area (Å²) in [5.41, 5.74) is 4.83. The Bertz CT molecular complexity index is 1860.